The van der Waals surface area contributed by atoms with Gasteiger partial charge in [-0.1, -0.05) is 41.4 Å². The van der Waals surface area contributed by atoms with Crippen LogP contribution in [0.3, 0.4) is 0 Å². The van der Waals surface area contributed by atoms with Gasteiger partial charge in [-0.05, 0) is 60.0 Å². The largest absolute Gasteiger partial charge is 0.493 e. The van der Waals surface area contributed by atoms with Gasteiger partial charge in [-0.2, -0.15) is 0 Å². The summed E-state index contributed by atoms with van der Waals surface area (Å²) in [7, 11) is 1.54. The van der Waals surface area contributed by atoms with Gasteiger partial charge in [0.05, 0.1) is 17.8 Å². The van der Waals surface area contributed by atoms with Crippen LogP contribution < -0.4 is 9.47 Å². The van der Waals surface area contributed by atoms with Crippen molar-refractivity contribution in [2.24, 2.45) is 4.99 Å². The summed E-state index contributed by atoms with van der Waals surface area (Å²) in [5, 5.41) is 1.02. The summed E-state index contributed by atoms with van der Waals surface area (Å²) in [6.07, 6.45) is 1.69. The van der Waals surface area contributed by atoms with Crippen molar-refractivity contribution in [3.8, 4) is 11.5 Å². The van der Waals surface area contributed by atoms with Crippen molar-refractivity contribution >= 4 is 35.1 Å². The van der Waals surface area contributed by atoms with E-state index in [0.29, 0.717) is 21.5 Å². The summed E-state index contributed by atoms with van der Waals surface area (Å²) in [5.74, 6) is 0.612. The fraction of sp³-hybridized carbons (Fsp3) is 0.136. The summed E-state index contributed by atoms with van der Waals surface area (Å²) in [6.45, 7) is 2.20. The standard InChI is InChI=1S/C22H18Cl2FNO2/c1-14-3-6-17(23)11-20(14)26-12-16-9-19(24)22(21(10-16)27-2)28-13-15-4-7-18(25)8-5-15/h3-12H,13H2,1-2H3. The SMILES string of the molecule is COc1cc(C=Nc2cc(Cl)ccc2C)cc(Cl)c1OCc1ccc(F)cc1. The van der Waals surface area contributed by atoms with Crippen molar-refractivity contribution < 1.29 is 13.9 Å². The van der Waals surface area contributed by atoms with E-state index in [1.807, 2.05) is 19.1 Å². The second-order valence-corrected chi connectivity index (χ2v) is 6.98. The van der Waals surface area contributed by atoms with Crippen molar-refractivity contribution in [2.45, 2.75) is 13.5 Å². The first-order valence-electron chi connectivity index (χ1n) is 8.51. The Hall–Kier alpha value is -2.56. The van der Waals surface area contributed by atoms with Gasteiger partial charge in [0.2, 0.25) is 0 Å². The number of hydrogen-bond acceptors (Lipinski definition) is 3. The first kappa shape index (κ1) is 20.2. The number of hydrogen-bond donors (Lipinski definition) is 0. The molecule has 144 valence electrons. The molecule has 0 aromatic heterocycles. The minimum atomic E-state index is -0.294. The van der Waals surface area contributed by atoms with Gasteiger partial charge in [0.25, 0.3) is 0 Å². The maximum Gasteiger partial charge on any atom is 0.180 e. The van der Waals surface area contributed by atoms with Crippen molar-refractivity contribution in [3.05, 3.63) is 87.2 Å². The zero-order chi connectivity index (χ0) is 20.1. The summed E-state index contributed by atoms with van der Waals surface area (Å²) in [5.41, 5.74) is 3.37. The number of methoxy groups -OCH3 is 1. The Morgan fingerprint density at radius 2 is 1.79 bits per heavy atom. The maximum atomic E-state index is 13.0. The van der Waals surface area contributed by atoms with Crippen LogP contribution in [-0.4, -0.2) is 13.3 Å². The number of benzene rings is 3. The number of halogens is 3. The molecule has 3 nitrogen and oxygen atoms in total. The third-order valence-corrected chi connectivity index (χ3v) is 4.59. The number of aryl methyl sites for hydroxylation is 1. The Morgan fingerprint density at radius 3 is 2.50 bits per heavy atom. The second-order valence-electron chi connectivity index (χ2n) is 6.14. The van der Waals surface area contributed by atoms with Crippen LogP contribution in [0.2, 0.25) is 10.0 Å². The van der Waals surface area contributed by atoms with E-state index in [4.69, 9.17) is 32.7 Å². The smallest absolute Gasteiger partial charge is 0.180 e. The van der Waals surface area contributed by atoms with E-state index in [-0.39, 0.29) is 12.4 Å². The molecule has 3 aromatic rings. The van der Waals surface area contributed by atoms with Crippen LogP contribution in [0.15, 0.2) is 59.6 Å². The van der Waals surface area contributed by atoms with Crippen molar-refractivity contribution in [1.29, 1.82) is 0 Å². The molecular weight excluding hydrogens is 400 g/mol. The maximum absolute atomic E-state index is 13.0. The molecule has 0 saturated heterocycles. The van der Waals surface area contributed by atoms with Gasteiger partial charge in [-0.15, -0.1) is 0 Å². The topological polar surface area (TPSA) is 30.8 Å². The molecule has 3 rings (SSSR count). The zero-order valence-electron chi connectivity index (χ0n) is 15.4. The summed E-state index contributed by atoms with van der Waals surface area (Å²) < 4.78 is 24.2. The Balaban J connectivity index is 1.81. The molecule has 0 unspecified atom stereocenters. The number of aliphatic imine (C=N–C) groups is 1. The average Bonchev–Trinajstić information content (AvgIpc) is 2.68. The van der Waals surface area contributed by atoms with Gasteiger partial charge in [0.15, 0.2) is 11.5 Å². The van der Waals surface area contributed by atoms with Crippen LogP contribution in [0.25, 0.3) is 0 Å². The first-order valence-corrected chi connectivity index (χ1v) is 9.27. The first-order chi connectivity index (χ1) is 13.5. The van der Waals surface area contributed by atoms with E-state index < -0.39 is 0 Å². The Morgan fingerprint density at radius 1 is 1.04 bits per heavy atom. The normalized spacial score (nSPS) is 11.0. The lowest BCUT2D eigenvalue weighted by Crippen LogP contribution is -1.99. The van der Waals surface area contributed by atoms with E-state index in [0.717, 1.165) is 22.4 Å². The molecule has 0 fully saturated rings. The predicted octanol–water partition coefficient (Wildman–Crippen LogP) is 6.78. The van der Waals surface area contributed by atoms with Gasteiger partial charge in [0, 0.05) is 11.2 Å². The lowest BCUT2D eigenvalue weighted by atomic mass is 10.2. The minimum absolute atomic E-state index is 0.242. The summed E-state index contributed by atoms with van der Waals surface area (Å²) in [4.78, 5) is 4.48. The molecule has 0 aliphatic rings. The van der Waals surface area contributed by atoms with Gasteiger partial charge in [-0.25, -0.2) is 4.39 Å². The van der Waals surface area contributed by atoms with E-state index >= 15 is 0 Å². The summed E-state index contributed by atoms with van der Waals surface area (Å²) >= 11 is 12.4. The molecule has 0 aliphatic heterocycles. The third kappa shape index (κ3) is 5.03. The van der Waals surface area contributed by atoms with Crippen LogP contribution in [0.4, 0.5) is 10.1 Å². The monoisotopic (exact) mass is 417 g/mol. The highest BCUT2D eigenvalue weighted by molar-refractivity contribution is 6.32. The van der Waals surface area contributed by atoms with Gasteiger partial charge in [0.1, 0.15) is 12.4 Å². The number of ether oxygens (including phenoxy) is 2. The van der Waals surface area contributed by atoms with E-state index in [1.165, 1.54) is 12.1 Å². The fourth-order valence-electron chi connectivity index (χ4n) is 2.56. The van der Waals surface area contributed by atoms with E-state index in [1.54, 1.807) is 43.7 Å². The quantitative estimate of drug-likeness (QED) is 0.413. The molecule has 0 spiro atoms. The van der Waals surface area contributed by atoms with Crippen molar-refractivity contribution in [3.63, 3.8) is 0 Å². The molecule has 0 heterocycles. The Labute approximate surface area is 173 Å². The molecule has 28 heavy (non-hydrogen) atoms. The molecule has 0 atom stereocenters. The molecule has 0 N–H and O–H groups in total. The van der Waals surface area contributed by atoms with Crippen molar-refractivity contribution in [1.82, 2.24) is 0 Å². The second kappa shape index (κ2) is 9.09. The number of rotatable bonds is 6. The molecule has 0 amide bonds. The lowest BCUT2D eigenvalue weighted by Gasteiger charge is -2.13. The van der Waals surface area contributed by atoms with Crippen molar-refractivity contribution in [2.75, 3.05) is 7.11 Å². The molecule has 6 heteroatoms. The molecule has 0 saturated carbocycles. The zero-order valence-corrected chi connectivity index (χ0v) is 16.9. The van der Waals surface area contributed by atoms with Gasteiger partial charge in [-0.3, -0.25) is 4.99 Å². The fourth-order valence-corrected chi connectivity index (χ4v) is 3.00. The van der Waals surface area contributed by atoms with Crippen LogP contribution in [0, 0.1) is 12.7 Å². The van der Waals surface area contributed by atoms with Crippen LogP contribution in [0.5, 0.6) is 11.5 Å². The predicted molar refractivity (Wildman–Crippen MR) is 112 cm³/mol. The van der Waals surface area contributed by atoms with E-state index in [9.17, 15) is 4.39 Å². The van der Waals surface area contributed by atoms with Crippen LogP contribution in [-0.2, 0) is 6.61 Å². The lowest BCUT2D eigenvalue weighted by molar-refractivity contribution is 0.284. The average molecular weight is 418 g/mol. The Bertz CT molecular complexity index is 1000. The highest BCUT2D eigenvalue weighted by Crippen LogP contribution is 2.37. The van der Waals surface area contributed by atoms with Crippen LogP contribution >= 0.6 is 23.2 Å². The Kier molecular flexibility index (Phi) is 6.55. The van der Waals surface area contributed by atoms with Gasteiger partial charge < -0.3 is 9.47 Å². The van der Waals surface area contributed by atoms with E-state index in [2.05, 4.69) is 4.99 Å². The molecule has 0 radical (unpaired) electrons. The minimum Gasteiger partial charge on any atom is -0.493 e. The summed E-state index contributed by atoms with van der Waals surface area (Å²) in [6, 6.07) is 15.1. The molecule has 0 aliphatic carbocycles. The van der Waals surface area contributed by atoms with Gasteiger partial charge >= 0.3 is 0 Å². The number of nitrogens with zero attached hydrogens (tertiary/aromatic N) is 1. The van der Waals surface area contributed by atoms with Crippen LogP contribution in [0.1, 0.15) is 16.7 Å². The highest BCUT2D eigenvalue weighted by atomic mass is 35.5. The molecule has 3 aromatic carbocycles. The highest BCUT2D eigenvalue weighted by Gasteiger charge is 2.12. The molecule has 0 bridgehead atoms. The third-order valence-electron chi connectivity index (χ3n) is 4.07. The molecular formula is C22H18Cl2FNO2.